The van der Waals surface area contributed by atoms with Gasteiger partial charge in [0.05, 0.1) is 5.69 Å². The maximum absolute atomic E-state index is 12.3. The summed E-state index contributed by atoms with van der Waals surface area (Å²) in [7, 11) is 0. The van der Waals surface area contributed by atoms with Crippen molar-refractivity contribution in [1.29, 1.82) is 0 Å². The number of hydrogen-bond donors (Lipinski definition) is 2. The third-order valence-electron chi connectivity index (χ3n) is 3.82. The van der Waals surface area contributed by atoms with E-state index in [2.05, 4.69) is 26.4 Å². The number of carbonyl (C=O) groups is 1. The van der Waals surface area contributed by atoms with Crippen LogP contribution in [0, 0.1) is 0 Å². The van der Waals surface area contributed by atoms with Crippen molar-refractivity contribution >= 4 is 33.5 Å². The predicted molar refractivity (Wildman–Crippen MR) is 87.6 cm³/mol. The Bertz CT molecular complexity index is 665. The lowest BCUT2D eigenvalue weighted by Crippen LogP contribution is -2.40. The number of rotatable bonds is 2. The molecule has 2 aromatic rings. The number of hydrogen-bond acceptors (Lipinski definition) is 4. The van der Waals surface area contributed by atoms with Gasteiger partial charge >= 0.3 is 6.03 Å². The average Bonchev–Trinajstić information content (AvgIpc) is 2.94. The fourth-order valence-electron chi connectivity index (χ4n) is 2.64. The maximum Gasteiger partial charge on any atom is 0.321 e. The van der Waals surface area contributed by atoms with Gasteiger partial charge in [-0.1, -0.05) is 27.2 Å². The average molecular weight is 365 g/mol. The molecule has 0 saturated carbocycles. The van der Waals surface area contributed by atoms with E-state index in [-0.39, 0.29) is 6.03 Å². The Kier molecular flexibility index (Phi) is 4.33. The normalized spacial score (nSPS) is 15.8. The number of nitrogen functional groups attached to an aromatic ring is 1. The summed E-state index contributed by atoms with van der Waals surface area (Å²) in [5, 5.41) is 6.88. The molecule has 1 aliphatic heterocycles. The molecule has 1 aromatic carbocycles. The second-order valence-corrected chi connectivity index (χ2v) is 6.27. The van der Waals surface area contributed by atoms with Crippen LogP contribution in [0.3, 0.4) is 0 Å². The molecule has 0 unspecified atom stereocenters. The molecule has 0 atom stereocenters. The first-order valence-electron chi connectivity index (χ1n) is 7.15. The third kappa shape index (κ3) is 3.41. The number of piperidine rings is 1. The summed E-state index contributed by atoms with van der Waals surface area (Å²) in [6, 6.07) is 9.25. The molecule has 0 aliphatic carbocycles. The van der Waals surface area contributed by atoms with E-state index >= 15 is 0 Å². The highest BCUT2D eigenvalue weighted by Crippen LogP contribution is 2.28. The van der Waals surface area contributed by atoms with Gasteiger partial charge in [0.2, 0.25) is 5.88 Å². The van der Waals surface area contributed by atoms with E-state index in [1.54, 1.807) is 6.07 Å². The Hall–Kier alpha value is -2.02. The molecule has 2 amide bonds. The van der Waals surface area contributed by atoms with Crippen molar-refractivity contribution in [3.05, 3.63) is 40.5 Å². The number of halogens is 1. The Morgan fingerprint density at radius 2 is 2.14 bits per heavy atom. The summed E-state index contributed by atoms with van der Waals surface area (Å²) in [6.07, 6.45) is 1.72. The topological polar surface area (TPSA) is 84.4 Å². The van der Waals surface area contributed by atoms with Crippen LogP contribution >= 0.6 is 15.9 Å². The number of aromatic nitrogens is 1. The number of nitrogens with two attached hydrogens (primary N) is 1. The lowest BCUT2D eigenvalue weighted by Gasteiger charge is -2.31. The van der Waals surface area contributed by atoms with Gasteiger partial charge in [0, 0.05) is 35.2 Å². The van der Waals surface area contributed by atoms with E-state index in [1.807, 2.05) is 29.2 Å². The van der Waals surface area contributed by atoms with E-state index in [0.717, 1.165) is 28.7 Å². The Morgan fingerprint density at radius 3 is 2.77 bits per heavy atom. The van der Waals surface area contributed by atoms with E-state index in [4.69, 9.17) is 10.3 Å². The van der Waals surface area contributed by atoms with Crippen molar-refractivity contribution in [3.63, 3.8) is 0 Å². The zero-order chi connectivity index (χ0) is 15.5. The SMILES string of the molecule is Nc1cc(C2CCN(C(=O)Nc3cccc(Br)c3)CC2)no1. The van der Waals surface area contributed by atoms with E-state index in [1.165, 1.54) is 0 Å². The Labute approximate surface area is 136 Å². The minimum Gasteiger partial charge on any atom is -0.368 e. The molecule has 3 N–H and O–H groups in total. The monoisotopic (exact) mass is 364 g/mol. The number of nitrogens with one attached hydrogen (secondary N) is 1. The molecule has 22 heavy (non-hydrogen) atoms. The van der Waals surface area contributed by atoms with E-state index < -0.39 is 0 Å². The largest absolute Gasteiger partial charge is 0.368 e. The molecule has 1 aromatic heterocycles. The van der Waals surface area contributed by atoms with E-state index in [0.29, 0.717) is 24.9 Å². The number of likely N-dealkylation sites (tertiary alicyclic amines) is 1. The summed E-state index contributed by atoms with van der Waals surface area (Å²) in [5.41, 5.74) is 7.21. The highest BCUT2D eigenvalue weighted by Gasteiger charge is 2.25. The van der Waals surface area contributed by atoms with Gasteiger partial charge in [-0.05, 0) is 31.0 Å². The van der Waals surface area contributed by atoms with Gasteiger partial charge < -0.3 is 20.5 Å². The van der Waals surface area contributed by atoms with Crippen molar-refractivity contribution in [2.75, 3.05) is 24.1 Å². The number of amides is 2. The quantitative estimate of drug-likeness (QED) is 0.854. The van der Waals surface area contributed by atoms with Gasteiger partial charge in [-0.15, -0.1) is 0 Å². The Morgan fingerprint density at radius 1 is 1.36 bits per heavy atom. The van der Waals surface area contributed by atoms with Gasteiger partial charge in [0.15, 0.2) is 0 Å². The molecular formula is C15H17BrN4O2. The van der Waals surface area contributed by atoms with Crippen molar-refractivity contribution < 1.29 is 9.32 Å². The maximum atomic E-state index is 12.3. The predicted octanol–water partition coefficient (Wildman–Crippen LogP) is 3.43. The highest BCUT2D eigenvalue weighted by atomic mass is 79.9. The first-order valence-corrected chi connectivity index (χ1v) is 7.95. The first kappa shape index (κ1) is 14.9. The van der Waals surface area contributed by atoms with Gasteiger partial charge in [-0.2, -0.15) is 0 Å². The smallest absolute Gasteiger partial charge is 0.321 e. The fraction of sp³-hybridized carbons (Fsp3) is 0.333. The van der Waals surface area contributed by atoms with Crippen molar-refractivity contribution in [2.45, 2.75) is 18.8 Å². The molecule has 0 bridgehead atoms. The van der Waals surface area contributed by atoms with Crippen molar-refractivity contribution in [1.82, 2.24) is 10.1 Å². The molecule has 3 rings (SSSR count). The van der Waals surface area contributed by atoms with Crippen LogP contribution in [0.15, 0.2) is 39.3 Å². The molecular weight excluding hydrogens is 348 g/mol. The summed E-state index contributed by atoms with van der Waals surface area (Å²) < 4.78 is 5.85. The number of urea groups is 1. The van der Waals surface area contributed by atoms with E-state index in [9.17, 15) is 4.79 Å². The zero-order valence-electron chi connectivity index (χ0n) is 12.0. The second kappa shape index (κ2) is 6.39. The van der Waals surface area contributed by atoms with Crippen LogP contribution in [0.4, 0.5) is 16.4 Å². The minimum absolute atomic E-state index is 0.0729. The van der Waals surface area contributed by atoms with Crippen LogP contribution < -0.4 is 11.1 Å². The van der Waals surface area contributed by atoms with Crippen molar-refractivity contribution in [2.24, 2.45) is 0 Å². The van der Waals surface area contributed by atoms with Crippen LogP contribution in [-0.4, -0.2) is 29.2 Å². The number of anilines is 2. The van der Waals surface area contributed by atoms with Gasteiger partial charge in [-0.3, -0.25) is 0 Å². The molecule has 1 saturated heterocycles. The van der Waals surface area contributed by atoms with Gasteiger partial charge in [0.25, 0.3) is 0 Å². The molecule has 1 aliphatic rings. The lowest BCUT2D eigenvalue weighted by molar-refractivity contribution is 0.193. The lowest BCUT2D eigenvalue weighted by atomic mass is 9.94. The van der Waals surface area contributed by atoms with Crippen LogP contribution in [0.25, 0.3) is 0 Å². The van der Waals surface area contributed by atoms with Gasteiger partial charge in [-0.25, -0.2) is 4.79 Å². The minimum atomic E-state index is -0.0729. The van der Waals surface area contributed by atoms with Crippen LogP contribution in [-0.2, 0) is 0 Å². The number of carbonyl (C=O) groups excluding carboxylic acids is 1. The second-order valence-electron chi connectivity index (χ2n) is 5.36. The number of benzene rings is 1. The molecule has 116 valence electrons. The molecule has 1 fully saturated rings. The highest BCUT2D eigenvalue weighted by molar-refractivity contribution is 9.10. The Balaban J connectivity index is 1.55. The van der Waals surface area contributed by atoms with Gasteiger partial charge in [0.1, 0.15) is 0 Å². The molecule has 6 nitrogen and oxygen atoms in total. The standard InChI is InChI=1S/C15H17BrN4O2/c16-11-2-1-3-12(8-11)18-15(21)20-6-4-10(5-7-20)13-9-14(17)22-19-13/h1-3,8-10H,4-7,17H2,(H,18,21). The third-order valence-corrected chi connectivity index (χ3v) is 4.32. The summed E-state index contributed by atoms with van der Waals surface area (Å²) in [4.78, 5) is 14.1. The molecule has 0 radical (unpaired) electrons. The van der Waals surface area contributed by atoms with Crippen LogP contribution in [0.1, 0.15) is 24.5 Å². The first-order chi connectivity index (χ1) is 10.6. The molecule has 0 spiro atoms. The zero-order valence-corrected chi connectivity index (χ0v) is 13.5. The summed E-state index contributed by atoms with van der Waals surface area (Å²) >= 11 is 3.39. The molecule has 2 heterocycles. The fourth-order valence-corrected chi connectivity index (χ4v) is 3.04. The van der Waals surface area contributed by atoms with Crippen LogP contribution in [0.2, 0.25) is 0 Å². The van der Waals surface area contributed by atoms with Crippen LogP contribution in [0.5, 0.6) is 0 Å². The molecule has 7 heteroatoms. The summed E-state index contributed by atoms with van der Waals surface area (Å²) in [6.45, 7) is 1.38. The number of nitrogens with zero attached hydrogens (tertiary/aromatic N) is 2. The van der Waals surface area contributed by atoms with Crippen molar-refractivity contribution in [3.8, 4) is 0 Å². The summed E-state index contributed by atoms with van der Waals surface area (Å²) in [5.74, 6) is 0.640.